The van der Waals surface area contributed by atoms with Gasteiger partial charge in [0.15, 0.2) is 14.6 Å². The molecule has 2 amide bonds. The van der Waals surface area contributed by atoms with E-state index in [1.807, 2.05) is 0 Å². The number of carbonyl (C=O) groups excluding carboxylic acids is 2. The molecular formula is C20H24ClFN4O5S. The summed E-state index contributed by atoms with van der Waals surface area (Å²) in [4.78, 5) is 25.9. The van der Waals surface area contributed by atoms with Crippen LogP contribution in [0, 0.1) is 23.7 Å². The average Bonchev–Trinajstić information content (AvgIpc) is 3.38. The zero-order chi connectivity index (χ0) is 22.8. The molecule has 1 unspecified atom stereocenters. The van der Waals surface area contributed by atoms with E-state index in [1.54, 1.807) is 12.3 Å². The fraction of sp³-hybridized carbons (Fsp3) is 0.500. The first-order chi connectivity index (χ1) is 14.5. The Morgan fingerprint density at radius 1 is 1.44 bits per heavy atom. The van der Waals surface area contributed by atoms with Crippen LogP contribution in [0.3, 0.4) is 0 Å². The van der Waals surface area contributed by atoms with E-state index in [1.165, 1.54) is 21.9 Å². The molecule has 1 fully saturated rings. The van der Waals surface area contributed by atoms with Gasteiger partial charge in [0.1, 0.15) is 6.17 Å². The average molecular weight is 487 g/mol. The minimum absolute atomic E-state index is 0. The van der Waals surface area contributed by atoms with E-state index in [2.05, 4.69) is 29.0 Å². The molecule has 0 aromatic carbocycles. The number of rotatable bonds is 5. The molecule has 32 heavy (non-hydrogen) atoms. The van der Waals surface area contributed by atoms with Crippen LogP contribution >= 0.6 is 12.4 Å². The molecule has 0 aliphatic carbocycles. The SMILES string of the molecule is CC(CCN1Cc2cc(C#CC#C[C@@H]3C[C@H](F)CN3)cn2C1=O)(C(=O)NO)S(C)(=O)=O.Cl. The van der Waals surface area contributed by atoms with E-state index < -0.39 is 26.7 Å². The van der Waals surface area contributed by atoms with Crippen molar-refractivity contribution in [2.75, 3.05) is 19.3 Å². The molecule has 9 nitrogen and oxygen atoms in total. The first kappa shape index (κ1) is 25.7. The molecule has 0 radical (unpaired) electrons. The number of hydroxylamine groups is 1. The number of nitrogens with one attached hydrogen (secondary N) is 2. The van der Waals surface area contributed by atoms with Gasteiger partial charge in [-0.2, -0.15) is 0 Å². The van der Waals surface area contributed by atoms with Crippen molar-refractivity contribution in [2.45, 2.75) is 43.3 Å². The number of hydrogen-bond acceptors (Lipinski definition) is 6. The van der Waals surface area contributed by atoms with Crippen LogP contribution in [0.15, 0.2) is 12.3 Å². The van der Waals surface area contributed by atoms with E-state index in [4.69, 9.17) is 5.21 Å². The summed E-state index contributed by atoms with van der Waals surface area (Å²) < 4.78 is 36.7. The molecule has 1 aromatic rings. The summed E-state index contributed by atoms with van der Waals surface area (Å²) in [5.41, 5.74) is 2.66. The van der Waals surface area contributed by atoms with Crippen molar-refractivity contribution in [1.82, 2.24) is 20.3 Å². The molecule has 0 spiro atoms. The molecule has 2 aliphatic rings. The Kier molecular flexibility index (Phi) is 7.97. The Labute approximate surface area is 192 Å². The van der Waals surface area contributed by atoms with Gasteiger partial charge >= 0.3 is 6.03 Å². The molecule has 3 atom stereocenters. The molecule has 3 N–H and O–H groups in total. The molecule has 174 valence electrons. The molecule has 3 rings (SSSR count). The van der Waals surface area contributed by atoms with Gasteiger partial charge in [0.25, 0.3) is 5.91 Å². The Bertz CT molecular complexity index is 1130. The number of hydrogen-bond donors (Lipinski definition) is 3. The van der Waals surface area contributed by atoms with Crippen LogP contribution in [-0.4, -0.2) is 71.3 Å². The van der Waals surface area contributed by atoms with Crippen LogP contribution in [0.5, 0.6) is 0 Å². The lowest BCUT2D eigenvalue weighted by Gasteiger charge is -2.27. The third-order valence-corrected chi connectivity index (χ3v) is 7.61. The normalized spacial score (nSPS) is 21.4. The van der Waals surface area contributed by atoms with Gasteiger partial charge in [-0.25, -0.2) is 23.1 Å². The number of alkyl halides is 1. The molecule has 1 aromatic heterocycles. The quantitative estimate of drug-likeness (QED) is 0.316. The smallest absolute Gasteiger partial charge is 0.318 e. The van der Waals surface area contributed by atoms with E-state index in [-0.39, 0.29) is 44.0 Å². The van der Waals surface area contributed by atoms with E-state index in [9.17, 15) is 22.4 Å². The minimum atomic E-state index is -3.84. The summed E-state index contributed by atoms with van der Waals surface area (Å²) >= 11 is 0. The topological polar surface area (TPSA) is 121 Å². The predicted molar refractivity (Wildman–Crippen MR) is 117 cm³/mol. The first-order valence-corrected chi connectivity index (χ1v) is 11.5. The fourth-order valence-corrected chi connectivity index (χ4v) is 4.27. The maximum absolute atomic E-state index is 13.1. The number of nitrogens with zero attached hydrogens (tertiary/aromatic N) is 2. The summed E-state index contributed by atoms with van der Waals surface area (Å²) in [6.07, 6.45) is 1.76. The Morgan fingerprint density at radius 2 is 2.16 bits per heavy atom. The van der Waals surface area contributed by atoms with E-state index >= 15 is 0 Å². The predicted octanol–water partition coefficient (Wildman–Crippen LogP) is 0.447. The van der Waals surface area contributed by atoms with Crippen molar-refractivity contribution in [2.24, 2.45) is 0 Å². The van der Waals surface area contributed by atoms with Crippen molar-refractivity contribution < 1.29 is 27.6 Å². The van der Waals surface area contributed by atoms with Crippen molar-refractivity contribution in [3.8, 4) is 23.7 Å². The lowest BCUT2D eigenvalue weighted by molar-refractivity contribution is -0.131. The van der Waals surface area contributed by atoms with E-state index in [0.717, 1.165) is 6.26 Å². The molecule has 12 heteroatoms. The number of amides is 2. The fourth-order valence-electron chi connectivity index (χ4n) is 3.43. The largest absolute Gasteiger partial charge is 0.328 e. The van der Waals surface area contributed by atoms with E-state index in [0.29, 0.717) is 24.2 Å². The van der Waals surface area contributed by atoms with Gasteiger partial charge in [0.05, 0.1) is 12.6 Å². The summed E-state index contributed by atoms with van der Waals surface area (Å²) in [7, 11) is -3.84. The highest BCUT2D eigenvalue weighted by molar-refractivity contribution is 7.92. The zero-order valence-electron chi connectivity index (χ0n) is 17.5. The molecule has 1 saturated heterocycles. The molecular weight excluding hydrogens is 463 g/mol. The zero-order valence-corrected chi connectivity index (χ0v) is 19.1. The molecule has 3 heterocycles. The highest BCUT2D eigenvalue weighted by Crippen LogP contribution is 2.25. The maximum Gasteiger partial charge on any atom is 0.328 e. The number of halogens is 2. The highest BCUT2D eigenvalue weighted by atomic mass is 35.5. The molecule has 0 saturated carbocycles. The summed E-state index contributed by atoms with van der Waals surface area (Å²) in [5.74, 6) is 10.0. The lowest BCUT2D eigenvalue weighted by Crippen LogP contribution is -2.50. The third-order valence-electron chi connectivity index (χ3n) is 5.58. The summed E-state index contributed by atoms with van der Waals surface area (Å²) in [6.45, 7) is 1.74. The minimum Gasteiger partial charge on any atom is -0.318 e. The van der Waals surface area contributed by atoms with Crippen LogP contribution < -0.4 is 10.8 Å². The van der Waals surface area contributed by atoms with Gasteiger partial charge < -0.3 is 10.2 Å². The number of carbonyl (C=O) groups is 2. The van der Waals surface area contributed by atoms with Crippen LogP contribution in [0.1, 0.15) is 31.0 Å². The summed E-state index contributed by atoms with van der Waals surface area (Å²) in [6, 6.07) is 1.16. The monoisotopic (exact) mass is 486 g/mol. The number of aromatic nitrogens is 1. The molecule has 2 aliphatic heterocycles. The second-order valence-electron chi connectivity index (χ2n) is 7.80. The Morgan fingerprint density at radius 3 is 2.72 bits per heavy atom. The second-order valence-corrected chi connectivity index (χ2v) is 10.2. The van der Waals surface area contributed by atoms with Crippen LogP contribution in [-0.2, 0) is 21.2 Å². The van der Waals surface area contributed by atoms with Crippen LogP contribution in [0.4, 0.5) is 9.18 Å². The molecule has 0 bridgehead atoms. The highest BCUT2D eigenvalue weighted by Gasteiger charge is 2.44. The third kappa shape index (κ3) is 5.25. The van der Waals surface area contributed by atoms with Crippen molar-refractivity contribution >= 4 is 34.2 Å². The standard InChI is InChI=1S/C20H23FN4O5S.ClH/c1-20(18(26)23-28,31(2,29)30)7-8-24-13-17-9-14(12-25(17)19(24)27)5-3-4-6-16-10-15(21)11-22-16;/h9,12,15-16,22,28H,7-8,10-11,13H2,1-2H3,(H,23,26);1H/t15-,16+,20?;/m0./s1. The van der Waals surface area contributed by atoms with Crippen LogP contribution in [0.2, 0.25) is 0 Å². The van der Waals surface area contributed by atoms with Crippen LogP contribution in [0.25, 0.3) is 0 Å². The Hall–Kier alpha value is -2.57. The summed E-state index contributed by atoms with van der Waals surface area (Å²) in [5, 5.41) is 11.8. The maximum atomic E-state index is 13.1. The van der Waals surface area contributed by atoms with Crippen molar-refractivity contribution in [1.29, 1.82) is 0 Å². The van der Waals surface area contributed by atoms with Gasteiger partial charge in [-0.3, -0.25) is 14.6 Å². The van der Waals surface area contributed by atoms with Crippen molar-refractivity contribution in [3.05, 3.63) is 23.5 Å². The number of sulfone groups is 1. The Balaban J connectivity index is 0.00000363. The van der Waals surface area contributed by atoms with Gasteiger partial charge in [-0.1, -0.05) is 11.8 Å². The first-order valence-electron chi connectivity index (χ1n) is 9.59. The number of fused-ring (bicyclic) bond motifs is 1. The van der Waals surface area contributed by atoms with Gasteiger partial charge in [0.2, 0.25) is 0 Å². The van der Waals surface area contributed by atoms with Gasteiger partial charge in [0, 0.05) is 43.2 Å². The van der Waals surface area contributed by atoms with Crippen molar-refractivity contribution in [3.63, 3.8) is 0 Å². The lowest BCUT2D eigenvalue weighted by atomic mass is 10.1. The second kappa shape index (κ2) is 9.92. The van der Waals surface area contributed by atoms with Gasteiger partial charge in [-0.15, -0.1) is 12.4 Å². The van der Waals surface area contributed by atoms with Gasteiger partial charge in [-0.05, 0) is 31.3 Å².